The number of amides is 1. The van der Waals surface area contributed by atoms with Crippen LogP contribution in [0.1, 0.15) is 44.9 Å². The summed E-state index contributed by atoms with van der Waals surface area (Å²) in [4.78, 5) is 31.7. The van der Waals surface area contributed by atoms with E-state index in [9.17, 15) is 9.59 Å². The molecular weight excluding hydrogens is 390 g/mol. The van der Waals surface area contributed by atoms with Gasteiger partial charge in [0.25, 0.3) is 5.91 Å². The van der Waals surface area contributed by atoms with E-state index < -0.39 is 0 Å². The van der Waals surface area contributed by atoms with Gasteiger partial charge >= 0.3 is 0 Å². The van der Waals surface area contributed by atoms with Crippen LogP contribution in [0.3, 0.4) is 0 Å². The Kier molecular flexibility index (Phi) is 6.16. The molecule has 0 spiro atoms. The Morgan fingerprint density at radius 3 is 2.26 bits per heavy atom. The smallest absolute Gasteiger partial charge is 0.253 e. The van der Waals surface area contributed by atoms with E-state index in [4.69, 9.17) is 4.74 Å². The summed E-state index contributed by atoms with van der Waals surface area (Å²) < 4.78 is 7.66. The molecule has 2 heterocycles. The van der Waals surface area contributed by atoms with Gasteiger partial charge in [0.15, 0.2) is 5.78 Å². The van der Waals surface area contributed by atoms with Crippen LogP contribution in [-0.2, 0) is 13.7 Å². The molecule has 4 rings (SSSR count). The molecule has 6 nitrogen and oxygen atoms in total. The third-order valence-corrected chi connectivity index (χ3v) is 5.88. The van der Waals surface area contributed by atoms with E-state index in [0.717, 1.165) is 17.0 Å². The first-order valence-corrected chi connectivity index (χ1v) is 10.6. The van der Waals surface area contributed by atoms with Gasteiger partial charge in [-0.2, -0.15) is 0 Å². The molecule has 0 aliphatic carbocycles. The maximum atomic E-state index is 12.9. The third-order valence-electron chi connectivity index (χ3n) is 5.88. The van der Waals surface area contributed by atoms with Crippen LogP contribution in [0.4, 0.5) is 0 Å². The van der Waals surface area contributed by atoms with Crippen molar-refractivity contribution in [2.24, 2.45) is 13.0 Å². The molecule has 1 aliphatic heterocycles. The summed E-state index contributed by atoms with van der Waals surface area (Å²) >= 11 is 0. The summed E-state index contributed by atoms with van der Waals surface area (Å²) in [6, 6.07) is 14.9. The fraction of sp³-hybridized carbons (Fsp3) is 0.320. The fourth-order valence-electron chi connectivity index (χ4n) is 3.86. The number of ketones is 1. The van der Waals surface area contributed by atoms with Crippen molar-refractivity contribution in [2.75, 3.05) is 13.1 Å². The van der Waals surface area contributed by atoms with E-state index in [1.54, 1.807) is 18.3 Å². The molecule has 1 aliphatic rings. The Hall–Kier alpha value is -3.41. The van der Waals surface area contributed by atoms with Gasteiger partial charge in [-0.1, -0.05) is 29.8 Å². The second-order valence-electron chi connectivity index (χ2n) is 8.06. The predicted octanol–water partition coefficient (Wildman–Crippen LogP) is 4.04. The predicted molar refractivity (Wildman–Crippen MR) is 118 cm³/mol. The highest BCUT2D eigenvalue weighted by Gasteiger charge is 2.28. The van der Waals surface area contributed by atoms with Crippen molar-refractivity contribution in [3.8, 4) is 5.75 Å². The number of aromatic nitrogens is 2. The molecule has 0 N–H and O–H groups in total. The number of nitrogens with zero attached hydrogens (tertiary/aromatic N) is 3. The zero-order chi connectivity index (χ0) is 21.8. The number of hydrogen-bond acceptors (Lipinski definition) is 4. The molecule has 6 heteroatoms. The van der Waals surface area contributed by atoms with Crippen LogP contribution in [0.2, 0.25) is 0 Å². The first-order chi connectivity index (χ1) is 15.0. The quantitative estimate of drug-likeness (QED) is 0.568. The summed E-state index contributed by atoms with van der Waals surface area (Å²) in [5.41, 5.74) is 2.54. The van der Waals surface area contributed by atoms with E-state index in [1.807, 2.05) is 66.0 Å². The van der Waals surface area contributed by atoms with Crippen molar-refractivity contribution in [1.82, 2.24) is 14.5 Å². The SMILES string of the molecule is Cc1ccc(C(=O)C2CCN(C(=O)c3ccc(OCc4nccn4C)cc3)CC2)cc1. The largest absolute Gasteiger partial charge is 0.486 e. The summed E-state index contributed by atoms with van der Waals surface area (Å²) in [5.74, 6) is 1.69. The Morgan fingerprint density at radius 1 is 1.00 bits per heavy atom. The molecule has 1 amide bonds. The van der Waals surface area contributed by atoms with Crippen molar-refractivity contribution in [3.63, 3.8) is 0 Å². The van der Waals surface area contributed by atoms with Crippen LogP contribution in [-0.4, -0.2) is 39.2 Å². The summed E-state index contributed by atoms with van der Waals surface area (Å²) in [5, 5.41) is 0. The lowest BCUT2D eigenvalue weighted by atomic mass is 9.88. The Morgan fingerprint density at radius 2 is 1.65 bits per heavy atom. The molecule has 160 valence electrons. The third kappa shape index (κ3) is 4.85. The van der Waals surface area contributed by atoms with Gasteiger partial charge in [-0.15, -0.1) is 0 Å². The lowest BCUT2D eigenvalue weighted by Crippen LogP contribution is -2.40. The van der Waals surface area contributed by atoms with Crippen molar-refractivity contribution < 1.29 is 14.3 Å². The minimum absolute atomic E-state index is 0.00288. The van der Waals surface area contributed by atoms with E-state index in [-0.39, 0.29) is 17.6 Å². The maximum absolute atomic E-state index is 12.9. The van der Waals surface area contributed by atoms with Crippen LogP contribution in [0, 0.1) is 12.8 Å². The second kappa shape index (κ2) is 9.16. The van der Waals surface area contributed by atoms with Crippen LogP contribution in [0.25, 0.3) is 0 Å². The summed E-state index contributed by atoms with van der Waals surface area (Å²) in [7, 11) is 1.92. The highest BCUT2D eigenvalue weighted by Crippen LogP contribution is 2.24. The van der Waals surface area contributed by atoms with E-state index in [2.05, 4.69) is 4.98 Å². The number of hydrogen-bond donors (Lipinski definition) is 0. The van der Waals surface area contributed by atoms with Gasteiger partial charge < -0.3 is 14.2 Å². The van der Waals surface area contributed by atoms with E-state index in [0.29, 0.717) is 43.9 Å². The van der Waals surface area contributed by atoms with Crippen LogP contribution < -0.4 is 4.74 Å². The van der Waals surface area contributed by atoms with Crippen molar-refractivity contribution in [2.45, 2.75) is 26.4 Å². The monoisotopic (exact) mass is 417 g/mol. The van der Waals surface area contributed by atoms with Crippen molar-refractivity contribution in [1.29, 1.82) is 0 Å². The Bertz CT molecular complexity index is 1050. The molecule has 1 aromatic heterocycles. The van der Waals surface area contributed by atoms with Gasteiger partial charge in [-0.05, 0) is 44.0 Å². The van der Waals surface area contributed by atoms with Gasteiger partial charge in [0.1, 0.15) is 18.2 Å². The number of Topliss-reactive ketones (excluding diaryl/α,β-unsaturated/α-hetero) is 1. The standard InChI is InChI=1S/C25H27N3O3/c1-18-3-5-19(6-4-18)24(29)20-11-14-28(15-12-20)25(30)21-7-9-22(10-8-21)31-17-23-26-13-16-27(23)2/h3-10,13,16,20H,11-12,14-15,17H2,1-2H3. The van der Waals surface area contributed by atoms with Gasteiger partial charge in [0.2, 0.25) is 0 Å². The maximum Gasteiger partial charge on any atom is 0.253 e. The molecule has 2 aromatic carbocycles. The lowest BCUT2D eigenvalue weighted by Gasteiger charge is -2.31. The van der Waals surface area contributed by atoms with Gasteiger partial charge in [0.05, 0.1) is 0 Å². The number of rotatable bonds is 6. The molecule has 3 aromatic rings. The zero-order valence-electron chi connectivity index (χ0n) is 18.0. The van der Waals surface area contributed by atoms with Crippen LogP contribution >= 0.6 is 0 Å². The average Bonchev–Trinajstić information content (AvgIpc) is 3.22. The number of piperidine rings is 1. The molecular formula is C25H27N3O3. The molecule has 1 saturated heterocycles. The van der Waals surface area contributed by atoms with E-state index >= 15 is 0 Å². The average molecular weight is 418 g/mol. The Balaban J connectivity index is 1.30. The highest BCUT2D eigenvalue weighted by molar-refractivity contribution is 5.98. The number of aryl methyl sites for hydroxylation is 2. The highest BCUT2D eigenvalue weighted by atomic mass is 16.5. The summed E-state index contributed by atoms with van der Waals surface area (Å²) in [6.07, 6.45) is 5.00. The van der Waals surface area contributed by atoms with Crippen LogP contribution in [0.15, 0.2) is 60.9 Å². The number of carbonyl (C=O) groups excluding carboxylic acids is 2. The van der Waals surface area contributed by atoms with E-state index in [1.165, 1.54) is 0 Å². The minimum Gasteiger partial charge on any atom is -0.486 e. The minimum atomic E-state index is -0.0198. The summed E-state index contributed by atoms with van der Waals surface area (Å²) in [6.45, 7) is 3.58. The fourth-order valence-corrected chi connectivity index (χ4v) is 3.86. The zero-order valence-corrected chi connectivity index (χ0v) is 18.0. The van der Waals surface area contributed by atoms with Gasteiger partial charge in [-0.25, -0.2) is 4.98 Å². The number of benzene rings is 2. The topological polar surface area (TPSA) is 64.4 Å². The van der Waals surface area contributed by atoms with Crippen molar-refractivity contribution in [3.05, 3.63) is 83.4 Å². The van der Waals surface area contributed by atoms with Crippen LogP contribution in [0.5, 0.6) is 5.75 Å². The number of carbonyl (C=O) groups is 2. The first-order valence-electron chi connectivity index (χ1n) is 10.6. The second-order valence-corrected chi connectivity index (χ2v) is 8.06. The molecule has 0 atom stereocenters. The normalized spacial score (nSPS) is 14.5. The molecule has 0 saturated carbocycles. The van der Waals surface area contributed by atoms with Gasteiger partial charge in [-0.3, -0.25) is 9.59 Å². The lowest BCUT2D eigenvalue weighted by molar-refractivity contribution is 0.0650. The molecule has 0 unspecified atom stereocenters. The number of ether oxygens (including phenoxy) is 1. The number of likely N-dealkylation sites (tertiary alicyclic amines) is 1. The Labute approximate surface area is 182 Å². The first kappa shape index (κ1) is 20.8. The van der Waals surface area contributed by atoms with Gasteiger partial charge in [0, 0.05) is 49.6 Å². The molecule has 1 fully saturated rings. The molecule has 0 bridgehead atoms. The number of imidazole rings is 1. The molecule has 0 radical (unpaired) electrons. The molecule has 31 heavy (non-hydrogen) atoms. The van der Waals surface area contributed by atoms with Crippen molar-refractivity contribution >= 4 is 11.7 Å².